The molecule has 2 heterocycles. The largest absolute Gasteiger partial charge is 0.360 e. The second-order valence-corrected chi connectivity index (χ2v) is 7.59. The van der Waals surface area contributed by atoms with Crippen LogP contribution in [0.5, 0.6) is 0 Å². The van der Waals surface area contributed by atoms with E-state index in [4.69, 9.17) is 4.52 Å². The van der Waals surface area contributed by atoms with E-state index in [1.807, 2.05) is 17.9 Å². The van der Waals surface area contributed by atoms with Crippen molar-refractivity contribution in [2.45, 2.75) is 70.5 Å². The molecule has 0 aromatic carbocycles. The summed E-state index contributed by atoms with van der Waals surface area (Å²) in [5, 5.41) is 15.1. The van der Waals surface area contributed by atoms with Crippen LogP contribution < -0.4 is 10.6 Å². The number of hydrogen-bond donors (Lipinski definition) is 2. The minimum Gasteiger partial charge on any atom is -0.360 e. The van der Waals surface area contributed by atoms with Crippen LogP contribution in [0.2, 0.25) is 0 Å². The Balaban J connectivity index is 1.40. The van der Waals surface area contributed by atoms with Gasteiger partial charge in [-0.15, -0.1) is 0 Å². The number of fused-ring (bicyclic) bond motifs is 1. The molecule has 2 aliphatic rings. The molecule has 0 bridgehead atoms. The van der Waals surface area contributed by atoms with Crippen molar-refractivity contribution in [2.24, 2.45) is 7.05 Å². The fourth-order valence-corrected chi connectivity index (χ4v) is 4.05. The Labute approximate surface area is 153 Å². The predicted molar refractivity (Wildman–Crippen MR) is 96.8 cm³/mol. The topological polar surface area (TPSA) is 85.0 Å². The molecule has 7 nitrogen and oxygen atoms in total. The van der Waals surface area contributed by atoms with Crippen molar-refractivity contribution in [3.63, 3.8) is 0 Å². The van der Waals surface area contributed by atoms with Gasteiger partial charge in [-0.05, 0) is 32.6 Å². The molecule has 1 atom stereocenters. The number of amides is 1. The summed E-state index contributed by atoms with van der Waals surface area (Å²) in [5.74, 6) is 0.794. The van der Waals surface area contributed by atoms with Crippen molar-refractivity contribution in [2.75, 3.05) is 0 Å². The highest BCUT2D eigenvalue weighted by atomic mass is 16.5. The Morgan fingerprint density at radius 1 is 1.31 bits per heavy atom. The quantitative estimate of drug-likeness (QED) is 0.855. The predicted octanol–water partition coefficient (Wildman–Crippen LogP) is 2.04. The number of rotatable bonds is 5. The van der Waals surface area contributed by atoms with E-state index in [1.54, 1.807) is 0 Å². The second-order valence-electron chi connectivity index (χ2n) is 7.59. The molecule has 4 rings (SSSR count). The molecule has 1 unspecified atom stereocenters. The van der Waals surface area contributed by atoms with Gasteiger partial charge in [0.15, 0.2) is 5.69 Å². The first kappa shape index (κ1) is 17.3. The van der Waals surface area contributed by atoms with Gasteiger partial charge < -0.3 is 15.2 Å². The lowest BCUT2D eigenvalue weighted by Crippen LogP contribution is -2.36. The van der Waals surface area contributed by atoms with E-state index in [0.29, 0.717) is 17.8 Å². The average Bonchev–Trinajstić information content (AvgIpc) is 3.35. The number of carbonyl (C=O) groups excluding carboxylic acids is 1. The molecule has 2 aromatic heterocycles. The van der Waals surface area contributed by atoms with E-state index in [2.05, 4.69) is 27.8 Å². The van der Waals surface area contributed by atoms with Crippen LogP contribution in [0.15, 0.2) is 10.7 Å². The van der Waals surface area contributed by atoms with Crippen LogP contribution in [0.3, 0.4) is 0 Å². The Morgan fingerprint density at radius 2 is 2.12 bits per heavy atom. The van der Waals surface area contributed by atoms with Crippen LogP contribution in [0.4, 0.5) is 0 Å². The third kappa shape index (κ3) is 3.40. The lowest BCUT2D eigenvalue weighted by atomic mass is 9.91. The van der Waals surface area contributed by atoms with Crippen LogP contribution in [0.25, 0.3) is 0 Å². The van der Waals surface area contributed by atoms with Crippen LogP contribution in [0, 0.1) is 6.92 Å². The Bertz CT molecular complexity index is 788. The Morgan fingerprint density at radius 3 is 2.85 bits per heavy atom. The van der Waals surface area contributed by atoms with Crippen molar-refractivity contribution < 1.29 is 9.32 Å². The molecule has 1 amide bonds. The lowest BCUT2D eigenvalue weighted by molar-refractivity contribution is 0.0928. The molecule has 140 valence electrons. The average molecular weight is 357 g/mol. The summed E-state index contributed by atoms with van der Waals surface area (Å²) >= 11 is 0. The zero-order valence-electron chi connectivity index (χ0n) is 15.5. The Kier molecular flexibility index (Phi) is 4.80. The molecule has 2 aromatic rings. The first-order valence-corrected chi connectivity index (χ1v) is 9.61. The number of nitrogens with zero attached hydrogens (tertiary/aromatic N) is 3. The van der Waals surface area contributed by atoms with Crippen molar-refractivity contribution in [1.29, 1.82) is 0 Å². The summed E-state index contributed by atoms with van der Waals surface area (Å²) in [6, 6.07) is 0.612. The van der Waals surface area contributed by atoms with Crippen molar-refractivity contribution in [3.05, 3.63) is 34.5 Å². The van der Waals surface area contributed by atoms with E-state index < -0.39 is 0 Å². The number of carbonyl (C=O) groups is 1. The number of aryl methyl sites for hydroxylation is 2. The van der Waals surface area contributed by atoms with Crippen molar-refractivity contribution >= 4 is 5.91 Å². The maximum Gasteiger partial charge on any atom is 0.273 e. The summed E-state index contributed by atoms with van der Waals surface area (Å²) in [4.78, 5) is 12.6. The van der Waals surface area contributed by atoms with Crippen LogP contribution >= 0.6 is 0 Å². The molecular weight excluding hydrogens is 330 g/mol. The fraction of sp³-hybridized carbons (Fsp3) is 0.632. The highest BCUT2D eigenvalue weighted by molar-refractivity contribution is 5.94. The van der Waals surface area contributed by atoms with Gasteiger partial charge in [-0.3, -0.25) is 9.48 Å². The van der Waals surface area contributed by atoms with Crippen LogP contribution in [-0.4, -0.2) is 32.9 Å². The number of hydrogen-bond acceptors (Lipinski definition) is 5. The smallest absolute Gasteiger partial charge is 0.273 e. The van der Waals surface area contributed by atoms with Gasteiger partial charge >= 0.3 is 0 Å². The summed E-state index contributed by atoms with van der Waals surface area (Å²) in [6.07, 6.45) is 9.04. The van der Waals surface area contributed by atoms with Gasteiger partial charge in [0.1, 0.15) is 5.76 Å². The molecule has 0 spiro atoms. The van der Waals surface area contributed by atoms with Crippen LogP contribution in [0.1, 0.15) is 65.2 Å². The molecule has 1 fully saturated rings. The molecule has 1 saturated carbocycles. The molecule has 2 N–H and O–H groups in total. The van der Waals surface area contributed by atoms with Gasteiger partial charge in [0.05, 0.1) is 6.20 Å². The summed E-state index contributed by atoms with van der Waals surface area (Å²) in [6.45, 7) is 2.86. The van der Waals surface area contributed by atoms with Gasteiger partial charge in [-0.1, -0.05) is 18.0 Å². The highest BCUT2D eigenvalue weighted by Crippen LogP contribution is 2.26. The maximum atomic E-state index is 12.6. The molecule has 0 radical (unpaired) electrons. The van der Waals surface area contributed by atoms with E-state index in [1.165, 1.54) is 24.1 Å². The van der Waals surface area contributed by atoms with Gasteiger partial charge in [0.25, 0.3) is 5.91 Å². The standard InChI is InChI=1S/C19H27N5O2/c1-12-13(11-21-24(12)2)10-20-15-7-8-17-16(9-15)18(23-26-17)19(25)22-14-5-3-4-6-14/h11,14-15,20H,3-10H2,1-2H3,(H,22,25). The molecule has 2 aliphatic carbocycles. The highest BCUT2D eigenvalue weighted by Gasteiger charge is 2.30. The Hall–Kier alpha value is -2.15. The SMILES string of the molecule is Cc1c(CNC2CCc3onc(C(=O)NC4CCCC4)c3C2)cnn1C. The third-order valence-electron chi connectivity index (χ3n) is 5.86. The van der Waals surface area contributed by atoms with Gasteiger partial charge in [0.2, 0.25) is 0 Å². The normalized spacial score (nSPS) is 20.3. The molecule has 26 heavy (non-hydrogen) atoms. The summed E-state index contributed by atoms with van der Waals surface area (Å²) in [7, 11) is 1.96. The molecular formula is C19H27N5O2. The monoisotopic (exact) mass is 357 g/mol. The van der Waals surface area contributed by atoms with Gasteiger partial charge in [-0.25, -0.2) is 0 Å². The van der Waals surface area contributed by atoms with E-state index >= 15 is 0 Å². The van der Waals surface area contributed by atoms with E-state index in [9.17, 15) is 4.79 Å². The first-order chi connectivity index (χ1) is 12.6. The van der Waals surface area contributed by atoms with Crippen molar-refractivity contribution in [1.82, 2.24) is 25.6 Å². The third-order valence-corrected chi connectivity index (χ3v) is 5.86. The number of nitrogens with one attached hydrogen (secondary N) is 2. The zero-order chi connectivity index (χ0) is 18.1. The van der Waals surface area contributed by atoms with Crippen LogP contribution in [-0.2, 0) is 26.4 Å². The molecule has 0 aliphatic heterocycles. The lowest BCUT2D eigenvalue weighted by Gasteiger charge is -2.22. The number of aromatic nitrogens is 3. The minimum absolute atomic E-state index is 0.0781. The minimum atomic E-state index is -0.0781. The molecule has 7 heteroatoms. The first-order valence-electron chi connectivity index (χ1n) is 9.61. The second kappa shape index (κ2) is 7.23. The zero-order valence-corrected chi connectivity index (χ0v) is 15.5. The maximum absolute atomic E-state index is 12.6. The van der Waals surface area contributed by atoms with E-state index in [0.717, 1.165) is 50.0 Å². The van der Waals surface area contributed by atoms with Gasteiger partial charge in [0, 0.05) is 48.9 Å². The van der Waals surface area contributed by atoms with Crippen molar-refractivity contribution in [3.8, 4) is 0 Å². The summed E-state index contributed by atoms with van der Waals surface area (Å²) in [5.41, 5.74) is 3.85. The van der Waals surface area contributed by atoms with Gasteiger partial charge in [-0.2, -0.15) is 5.10 Å². The van der Waals surface area contributed by atoms with E-state index in [-0.39, 0.29) is 5.91 Å². The molecule has 0 saturated heterocycles. The summed E-state index contributed by atoms with van der Waals surface area (Å²) < 4.78 is 7.34. The fourth-order valence-electron chi connectivity index (χ4n) is 4.05.